The molecule has 1 saturated heterocycles. The number of hydrogen-bond acceptors (Lipinski definition) is 1. The van der Waals surface area contributed by atoms with Gasteiger partial charge >= 0.3 is 0 Å². The van der Waals surface area contributed by atoms with Crippen molar-refractivity contribution < 1.29 is 4.79 Å². The molecular formula is C14H17NO. The topological polar surface area (TPSA) is 20.3 Å². The minimum atomic E-state index is 0.302. The van der Waals surface area contributed by atoms with E-state index in [2.05, 4.69) is 31.2 Å². The van der Waals surface area contributed by atoms with Crippen molar-refractivity contribution in [1.82, 2.24) is 4.90 Å². The third-order valence-electron chi connectivity index (χ3n) is 3.81. The predicted molar refractivity (Wildman–Crippen MR) is 63.1 cm³/mol. The van der Waals surface area contributed by atoms with E-state index in [1.807, 2.05) is 4.90 Å². The second-order valence-corrected chi connectivity index (χ2v) is 5.22. The molecule has 0 N–H and O–H groups in total. The SMILES string of the molecule is Cc1ccc(CC(=O)N2CC3CC3C2)cc1. The number of carbonyl (C=O) groups excluding carboxylic acids is 1. The van der Waals surface area contributed by atoms with Gasteiger partial charge < -0.3 is 4.90 Å². The zero-order valence-corrected chi connectivity index (χ0v) is 9.65. The molecule has 1 aliphatic heterocycles. The number of nitrogens with zero attached hydrogens (tertiary/aromatic N) is 1. The summed E-state index contributed by atoms with van der Waals surface area (Å²) in [5, 5.41) is 0. The number of piperidine rings is 1. The molecule has 1 saturated carbocycles. The smallest absolute Gasteiger partial charge is 0.227 e. The van der Waals surface area contributed by atoms with Gasteiger partial charge in [-0.15, -0.1) is 0 Å². The minimum absolute atomic E-state index is 0.302. The van der Waals surface area contributed by atoms with Crippen LogP contribution in [0.4, 0.5) is 0 Å². The second-order valence-electron chi connectivity index (χ2n) is 5.22. The number of likely N-dealkylation sites (tertiary alicyclic amines) is 1. The Labute approximate surface area is 96.3 Å². The molecule has 1 aromatic carbocycles. The van der Waals surface area contributed by atoms with E-state index in [-0.39, 0.29) is 0 Å². The summed E-state index contributed by atoms with van der Waals surface area (Å²) < 4.78 is 0. The van der Waals surface area contributed by atoms with Crippen LogP contribution in [0, 0.1) is 18.8 Å². The maximum atomic E-state index is 12.0. The molecule has 0 radical (unpaired) electrons. The van der Waals surface area contributed by atoms with E-state index < -0.39 is 0 Å². The van der Waals surface area contributed by atoms with E-state index in [9.17, 15) is 4.79 Å². The van der Waals surface area contributed by atoms with Crippen LogP contribution in [0.1, 0.15) is 17.5 Å². The van der Waals surface area contributed by atoms with Crippen molar-refractivity contribution in [2.24, 2.45) is 11.8 Å². The van der Waals surface area contributed by atoms with Gasteiger partial charge in [0.05, 0.1) is 6.42 Å². The maximum absolute atomic E-state index is 12.0. The van der Waals surface area contributed by atoms with Crippen LogP contribution in [-0.2, 0) is 11.2 Å². The summed E-state index contributed by atoms with van der Waals surface area (Å²) in [5.41, 5.74) is 2.38. The van der Waals surface area contributed by atoms with Crippen LogP contribution in [0.25, 0.3) is 0 Å². The lowest BCUT2D eigenvalue weighted by atomic mass is 10.1. The molecule has 0 spiro atoms. The van der Waals surface area contributed by atoms with Gasteiger partial charge in [0.25, 0.3) is 0 Å². The van der Waals surface area contributed by atoms with Gasteiger partial charge in [-0.05, 0) is 30.7 Å². The number of hydrogen-bond donors (Lipinski definition) is 0. The van der Waals surface area contributed by atoms with E-state index in [4.69, 9.17) is 0 Å². The fraction of sp³-hybridized carbons (Fsp3) is 0.500. The first kappa shape index (κ1) is 9.88. The van der Waals surface area contributed by atoms with Crippen molar-refractivity contribution in [1.29, 1.82) is 0 Å². The molecule has 1 amide bonds. The van der Waals surface area contributed by atoms with E-state index in [0.29, 0.717) is 12.3 Å². The second kappa shape index (κ2) is 3.62. The van der Waals surface area contributed by atoms with E-state index in [1.54, 1.807) is 0 Å². The van der Waals surface area contributed by atoms with E-state index in [1.165, 1.54) is 12.0 Å². The zero-order valence-electron chi connectivity index (χ0n) is 9.65. The summed E-state index contributed by atoms with van der Waals surface area (Å²) in [6, 6.07) is 8.27. The quantitative estimate of drug-likeness (QED) is 0.739. The zero-order chi connectivity index (χ0) is 11.1. The molecule has 1 aliphatic carbocycles. The highest BCUT2D eigenvalue weighted by Crippen LogP contribution is 2.44. The molecule has 2 nitrogen and oxygen atoms in total. The number of carbonyl (C=O) groups is 1. The molecular weight excluding hydrogens is 198 g/mol. The Morgan fingerprint density at radius 1 is 1.25 bits per heavy atom. The van der Waals surface area contributed by atoms with Gasteiger partial charge in [-0.25, -0.2) is 0 Å². The molecule has 3 rings (SSSR count). The van der Waals surface area contributed by atoms with Crippen molar-refractivity contribution in [3.05, 3.63) is 35.4 Å². The van der Waals surface area contributed by atoms with Crippen LogP contribution >= 0.6 is 0 Å². The van der Waals surface area contributed by atoms with Crippen LogP contribution in [-0.4, -0.2) is 23.9 Å². The summed E-state index contributed by atoms with van der Waals surface area (Å²) in [6.45, 7) is 4.09. The molecule has 16 heavy (non-hydrogen) atoms. The summed E-state index contributed by atoms with van der Waals surface area (Å²) >= 11 is 0. The molecule has 1 heterocycles. The Kier molecular flexibility index (Phi) is 2.23. The van der Waals surface area contributed by atoms with Crippen molar-refractivity contribution in [3.8, 4) is 0 Å². The molecule has 2 fully saturated rings. The van der Waals surface area contributed by atoms with Gasteiger partial charge in [-0.2, -0.15) is 0 Å². The van der Waals surface area contributed by atoms with Crippen LogP contribution in [0.15, 0.2) is 24.3 Å². The number of aryl methyl sites for hydroxylation is 1. The first-order chi connectivity index (χ1) is 7.72. The van der Waals surface area contributed by atoms with Gasteiger partial charge in [0.15, 0.2) is 0 Å². The van der Waals surface area contributed by atoms with Gasteiger partial charge in [0.2, 0.25) is 5.91 Å². The molecule has 0 bridgehead atoms. The fourth-order valence-corrected chi connectivity index (χ4v) is 2.59. The van der Waals surface area contributed by atoms with Gasteiger partial charge in [-0.1, -0.05) is 29.8 Å². The normalized spacial score (nSPS) is 26.7. The van der Waals surface area contributed by atoms with Crippen molar-refractivity contribution >= 4 is 5.91 Å². The first-order valence-corrected chi connectivity index (χ1v) is 6.05. The number of amides is 1. The minimum Gasteiger partial charge on any atom is -0.342 e. The number of benzene rings is 1. The van der Waals surface area contributed by atoms with Crippen molar-refractivity contribution in [3.63, 3.8) is 0 Å². The molecule has 2 aliphatic rings. The summed E-state index contributed by atoms with van der Waals surface area (Å²) in [4.78, 5) is 14.0. The third-order valence-corrected chi connectivity index (χ3v) is 3.81. The Balaban J connectivity index is 1.61. The predicted octanol–water partition coefficient (Wildman–Crippen LogP) is 2.02. The lowest BCUT2D eigenvalue weighted by Gasteiger charge is -2.17. The highest BCUT2D eigenvalue weighted by Gasteiger charge is 2.46. The monoisotopic (exact) mass is 215 g/mol. The molecule has 2 atom stereocenters. The van der Waals surface area contributed by atoms with Crippen molar-refractivity contribution in [2.45, 2.75) is 19.8 Å². The fourth-order valence-electron chi connectivity index (χ4n) is 2.59. The standard InChI is InChI=1S/C14H17NO/c1-10-2-4-11(5-3-10)6-14(16)15-8-12-7-13(12)9-15/h2-5,12-13H,6-9H2,1H3. The summed E-state index contributed by atoms with van der Waals surface area (Å²) in [5.74, 6) is 1.97. The highest BCUT2D eigenvalue weighted by molar-refractivity contribution is 5.79. The average Bonchev–Trinajstić information content (AvgIpc) is 2.89. The Bertz CT molecular complexity index is 399. The maximum Gasteiger partial charge on any atom is 0.227 e. The van der Waals surface area contributed by atoms with Crippen LogP contribution in [0.5, 0.6) is 0 Å². The van der Waals surface area contributed by atoms with Crippen LogP contribution in [0.3, 0.4) is 0 Å². The molecule has 1 aromatic rings. The lowest BCUT2D eigenvalue weighted by molar-refractivity contribution is -0.129. The van der Waals surface area contributed by atoms with E-state index >= 15 is 0 Å². The number of fused-ring (bicyclic) bond motifs is 1. The molecule has 0 aromatic heterocycles. The highest BCUT2D eigenvalue weighted by atomic mass is 16.2. The molecule has 84 valence electrons. The largest absolute Gasteiger partial charge is 0.342 e. The average molecular weight is 215 g/mol. The van der Waals surface area contributed by atoms with Crippen LogP contribution < -0.4 is 0 Å². The van der Waals surface area contributed by atoms with Crippen molar-refractivity contribution in [2.75, 3.05) is 13.1 Å². The first-order valence-electron chi connectivity index (χ1n) is 6.05. The van der Waals surface area contributed by atoms with Crippen LogP contribution in [0.2, 0.25) is 0 Å². The molecule has 2 unspecified atom stereocenters. The third kappa shape index (κ3) is 1.84. The van der Waals surface area contributed by atoms with Gasteiger partial charge in [0.1, 0.15) is 0 Å². The number of rotatable bonds is 2. The summed E-state index contributed by atoms with van der Waals surface area (Å²) in [7, 11) is 0. The summed E-state index contributed by atoms with van der Waals surface area (Å²) in [6.07, 6.45) is 1.92. The Morgan fingerprint density at radius 3 is 2.50 bits per heavy atom. The Hall–Kier alpha value is -1.31. The van der Waals surface area contributed by atoms with Gasteiger partial charge in [-0.3, -0.25) is 4.79 Å². The molecule has 2 heteroatoms. The Morgan fingerprint density at radius 2 is 1.88 bits per heavy atom. The van der Waals surface area contributed by atoms with Gasteiger partial charge in [0, 0.05) is 13.1 Å². The lowest BCUT2D eigenvalue weighted by Crippen LogP contribution is -2.31. The van der Waals surface area contributed by atoms with E-state index in [0.717, 1.165) is 30.5 Å².